The molecule has 2 aromatic heterocycles. The summed E-state index contributed by atoms with van der Waals surface area (Å²) in [6.45, 7) is 2.00. The quantitative estimate of drug-likeness (QED) is 0.910. The molecule has 1 unspecified atom stereocenters. The Morgan fingerprint density at radius 2 is 2.25 bits per heavy atom. The number of hydrogen-bond acceptors (Lipinski definition) is 4. The lowest BCUT2D eigenvalue weighted by molar-refractivity contribution is 0.0937. The van der Waals surface area contributed by atoms with Crippen molar-refractivity contribution in [2.24, 2.45) is 5.92 Å². The number of hydrogen-bond donors (Lipinski definition) is 1. The molecule has 0 aliphatic heterocycles. The van der Waals surface area contributed by atoms with Gasteiger partial charge >= 0.3 is 0 Å². The molecule has 5 heteroatoms. The van der Waals surface area contributed by atoms with Crippen LogP contribution >= 0.6 is 0 Å². The molecule has 0 bridgehead atoms. The van der Waals surface area contributed by atoms with Gasteiger partial charge in [0.2, 0.25) is 0 Å². The summed E-state index contributed by atoms with van der Waals surface area (Å²) in [5, 5.41) is 2.66. The number of anilines is 1. The van der Waals surface area contributed by atoms with E-state index in [0.717, 1.165) is 0 Å². The molecule has 0 fully saturated rings. The minimum atomic E-state index is -0.364. The predicted molar refractivity (Wildman–Crippen MR) is 72.7 cm³/mol. The van der Waals surface area contributed by atoms with E-state index in [1.54, 1.807) is 24.4 Å². The number of pyridine rings is 1. The Hall–Kier alpha value is -2.43. The Labute approximate surface area is 116 Å². The number of carbonyl (C=O) groups is 2. The Morgan fingerprint density at radius 3 is 3.00 bits per heavy atom. The van der Waals surface area contributed by atoms with E-state index in [-0.39, 0.29) is 17.6 Å². The molecular formula is C15H14N2O3. The van der Waals surface area contributed by atoms with Crippen molar-refractivity contribution in [2.45, 2.75) is 19.8 Å². The van der Waals surface area contributed by atoms with Gasteiger partial charge in [0.15, 0.2) is 5.78 Å². The zero-order valence-corrected chi connectivity index (χ0v) is 11.1. The molecule has 3 rings (SSSR count). The van der Waals surface area contributed by atoms with Crippen LogP contribution in [0.3, 0.4) is 0 Å². The summed E-state index contributed by atoms with van der Waals surface area (Å²) in [5.74, 6) is 0.923. The van der Waals surface area contributed by atoms with Gasteiger partial charge in [-0.15, -0.1) is 0 Å². The van der Waals surface area contributed by atoms with Gasteiger partial charge in [0.1, 0.15) is 17.8 Å². The van der Waals surface area contributed by atoms with Crippen LogP contribution in [-0.2, 0) is 6.42 Å². The van der Waals surface area contributed by atoms with Crippen LogP contribution in [0.2, 0.25) is 0 Å². The Morgan fingerprint density at radius 1 is 1.40 bits per heavy atom. The molecule has 2 aromatic rings. The molecule has 0 aromatic carbocycles. The van der Waals surface area contributed by atoms with Crippen LogP contribution in [0.1, 0.15) is 39.8 Å². The predicted octanol–water partition coefficient (Wildman–Crippen LogP) is 2.69. The fraction of sp³-hybridized carbons (Fsp3) is 0.267. The van der Waals surface area contributed by atoms with E-state index < -0.39 is 0 Å². The molecule has 0 saturated heterocycles. The number of ketones is 1. The second kappa shape index (κ2) is 4.92. The lowest BCUT2D eigenvalue weighted by Gasteiger charge is -2.16. The van der Waals surface area contributed by atoms with E-state index in [1.165, 1.54) is 6.26 Å². The van der Waals surface area contributed by atoms with Crippen LogP contribution in [0.25, 0.3) is 0 Å². The van der Waals surface area contributed by atoms with Gasteiger partial charge in [0.25, 0.3) is 5.91 Å². The number of furan rings is 1. The van der Waals surface area contributed by atoms with Gasteiger partial charge in [0.05, 0.1) is 11.1 Å². The van der Waals surface area contributed by atoms with E-state index >= 15 is 0 Å². The number of nitrogens with zero attached hydrogens (tertiary/aromatic N) is 1. The molecule has 1 atom stereocenters. The summed E-state index contributed by atoms with van der Waals surface area (Å²) in [7, 11) is 0. The highest BCUT2D eigenvalue weighted by atomic mass is 16.3. The van der Waals surface area contributed by atoms with Gasteiger partial charge in [0, 0.05) is 19.0 Å². The highest BCUT2D eigenvalue weighted by molar-refractivity contribution is 6.13. The summed E-state index contributed by atoms with van der Waals surface area (Å²) in [4.78, 5) is 28.3. The molecule has 2 heterocycles. The average Bonchev–Trinajstić information content (AvgIpc) is 2.84. The number of fused-ring (bicyclic) bond motifs is 1. The summed E-state index contributed by atoms with van der Waals surface area (Å²) in [6.07, 6.45) is 4.10. The van der Waals surface area contributed by atoms with E-state index in [2.05, 4.69) is 10.3 Å². The van der Waals surface area contributed by atoms with Gasteiger partial charge in [-0.3, -0.25) is 9.59 Å². The summed E-state index contributed by atoms with van der Waals surface area (Å²) in [5.41, 5.74) is 0.721. The van der Waals surface area contributed by atoms with Gasteiger partial charge < -0.3 is 9.73 Å². The van der Waals surface area contributed by atoms with Crippen molar-refractivity contribution in [1.29, 1.82) is 0 Å². The van der Waals surface area contributed by atoms with Crippen molar-refractivity contribution in [3.05, 3.63) is 47.5 Å². The standard InChI is InChI=1S/C15H14N2O3/c1-9-6-11(18)14-10(8-20-12(14)7-9)15(19)17-13-4-2-3-5-16-13/h2-5,8-9H,6-7H2,1H3,(H,16,17,19). The fourth-order valence-electron chi connectivity index (χ4n) is 2.45. The second-order valence-electron chi connectivity index (χ2n) is 5.05. The molecule has 0 spiro atoms. The summed E-state index contributed by atoms with van der Waals surface area (Å²) in [6, 6.07) is 5.23. The maximum Gasteiger partial charge on any atom is 0.260 e. The molecule has 1 aliphatic carbocycles. The highest BCUT2D eigenvalue weighted by Gasteiger charge is 2.30. The van der Waals surface area contributed by atoms with E-state index in [0.29, 0.717) is 35.5 Å². The van der Waals surface area contributed by atoms with E-state index in [1.807, 2.05) is 6.92 Å². The number of nitrogens with one attached hydrogen (secondary N) is 1. The third-order valence-corrected chi connectivity index (χ3v) is 3.36. The molecule has 5 nitrogen and oxygen atoms in total. The topological polar surface area (TPSA) is 72.2 Å². The Balaban J connectivity index is 1.88. The molecule has 102 valence electrons. The molecule has 1 N–H and O–H groups in total. The first-order chi connectivity index (χ1) is 9.65. The van der Waals surface area contributed by atoms with Crippen molar-refractivity contribution >= 4 is 17.5 Å². The van der Waals surface area contributed by atoms with Crippen LogP contribution < -0.4 is 5.32 Å². The lowest BCUT2D eigenvalue weighted by atomic mass is 9.87. The van der Waals surface area contributed by atoms with Gasteiger partial charge in [-0.1, -0.05) is 13.0 Å². The maximum absolute atomic E-state index is 12.2. The van der Waals surface area contributed by atoms with E-state index in [4.69, 9.17) is 4.42 Å². The number of rotatable bonds is 2. The Kier molecular flexibility index (Phi) is 3.10. The van der Waals surface area contributed by atoms with Crippen LogP contribution in [0.15, 0.2) is 35.1 Å². The highest BCUT2D eigenvalue weighted by Crippen LogP contribution is 2.29. The SMILES string of the molecule is CC1CC(=O)c2c(C(=O)Nc3ccccn3)coc2C1. The number of aromatic nitrogens is 1. The minimum Gasteiger partial charge on any atom is -0.468 e. The van der Waals surface area contributed by atoms with Gasteiger partial charge in [-0.2, -0.15) is 0 Å². The molecule has 0 saturated carbocycles. The van der Waals surface area contributed by atoms with E-state index in [9.17, 15) is 9.59 Å². The van der Waals surface area contributed by atoms with Crippen molar-refractivity contribution in [2.75, 3.05) is 5.32 Å². The zero-order chi connectivity index (χ0) is 14.1. The monoisotopic (exact) mass is 270 g/mol. The second-order valence-corrected chi connectivity index (χ2v) is 5.05. The lowest BCUT2D eigenvalue weighted by Crippen LogP contribution is -2.21. The van der Waals surface area contributed by atoms with Crippen molar-refractivity contribution in [3.63, 3.8) is 0 Å². The van der Waals surface area contributed by atoms with Crippen LogP contribution in [0, 0.1) is 5.92 Å². The molecule has 0 radical (unpaired) electrons. The summed E-state index contributed by atoms with van der Waals surface area (Å²) < 4.78 is 5.38. The zero-order valence-electron chi connectivity index (χ0n) is 11.1. The smallest absolute Gasteiger partial charge is 0.260 e. The van der Waals surface area contributed by atoms with Crippen molar-refractivity contribution in [3.8, 4) is 0 Å². The first-order valence-electron chi connectivity index (χ1n) is 6.51. The largest absolute Gasteiger partial charge is 0.468 e. The first-order valence-corrected chi connectivity index (χ1v) is 6.51. The number of amides is 1. The fourth-order valence-corrected chi connectivity index (χ4v) is 2.45. The molecule has 20 heavy (non-hydrogen) atoms. The number of Topliss-reactive ketones (excluding diaryl/α,β-unsaturated/α-hetero) is 1. The minimum absolute atomic E-state index is 0.0290. The van der Waals surface area contributed by atoms with Crippen LogP contribution in [-0.4, -0.2) is 16.7 Å². The molecular weight excluding hydrogens is 256 g/mol. The molecule has 1 amide bonds. The normalized spacial score (nSPS) is 17.6. The maximum atomic E-state index is 12.2. The van der Waals surface area contributed by atoms with Gasteiger partial charge in [-0.25, -0.2) is 4.98 Å². The Bertz CT molecular complexity index is 661. The van der Waals surface area contributed by atoms with Crippen molar-refractivity contribution < 1.29 is 14.0 Å². The summed E-state index contributed by atoms with van der Waals surface area (Å²) >= 11 is 0. The molecule has 1 aliphatic rings. The average molecular weight is 270 g/mol. The number of carbonyl (C=O) groups excluding carboxylic acids is 2. The third kappa shape index (κ3) is 2.22. The third-order valence-electron chi connectivity index (χ3n) is 3.36. The van der Waals surface area contributed by atoms with Crippen LogP contribution in [0.5, 0.6) is 0 Å². The first kappa shape index (κ1) is 12.6. The van der Waals surface area contributed by atoms with Crippen LogP contribution in [0.4, 0.5) is 5.82 Å². The van der Waals surface area contributed by atoms with Crippen molar-refractivity contribution in [1.82, 2.24) is 4.98 Å². The van der Waals surface area contributed by atoms with Gasteiger partial charge in [-0.05, 0) is 18.1 Å².